The maximum Gasteiger partial charge on any atom is 0.216 e. The fourth-order valence-electron chi connectivity index (χ4n) is 1.03. The van der Waals surface area contributed by atoms with Crippen LogP contribution < -0.4 is 5.73 Å². The SMILES string of the molecule is CCCCCCCC(N)[C]=O. The first-order valence-electron chi connectivity index (χ1n) is 4.44. The van der Waals surface area contributed by atoms with Gasteiger partial charge in [0.2, 0.25) is 6.29 Å². The van der Waals surface area contributed by atoms with Gasteiger partial charge in [0.1, 0.15) is 0 Å². The normalized spacial score (nSPS) is 12.9. The molecule has 2 heteroatoms. The van der Waals surface area contributed by atoms with E-state index in [1.807, 2.05) is 0 Å². The number of rotatable bonds is 7. The molecule has 0 fully saturated rings. The van der Waals surface area contributed by atoms with E-state index in [0.29, 0.717) is 0 Å². The van der Waals surface area contributed by atoms with Gasteiger partial charge in [0, 0.05) is 0 Å². The fourth-order valence-corrected chi connectivity index (χ4v) is 1.03. The summed E-state index contributed by atoms with van der Waals surface area (Å²) in [5.41, 5.74) is 5.36. The number of hydrogen-bond donors (Lipinski definition) is 1. The van der Waals surface area contributed by atoms with Crippen molar-refractivity contribution in [3.05, 3.63) is 0 Å². The quantitative estimate of drug-likeness (QED) is 0.571. The maximum absolute atomic E-state index is 9.97. The molecule has 1 radical (unpaired) electrons. The lowest BCUT2D eigenvalue weighted by Gasteiger charge is -2.01. The van der Waals surface area contributed by atoms with E-state index in [9.17, 15) is 4.79 Å². The van der Waals surface area contributed by atoms with Crippen molar-refractivity contribution in [2.24, 2.45) is 5.73 Å². The Morgan fingerprint density at radius 3 is 2.45 bits per heavy atom. The van der Waals surface area contributed by atoms with Crippen molar-refractivity contribution in [2.75, 3.05) is 0 Å². The minimum absolute atomic E-state index is 0.350. The van der Waals surface area contributed by atoms with E-state index in [-0.39, 0.29) is 6.04 Å². The minimum atomic E-state index is -0.350. The smallest absolute Gasteiger partial charge is 0.216 e. The fraction of sp³-hybridized carbons (Fsp3) is 0.889. The Bertz CT molecular complexity index is 93.6. The van der Waals surface area contributed by atoms with Crippen molar-refractivity contribution in [1.29, 1.82) is 0 Å². The van der Waals surface area contributed by atoms with E-state index in [1.165, 1.54) is 25.7 Å². The Morgan fingerprint density at radius 1 is 1.27 bits per heavy atom. The van der Waals surface area contributed by atoms with Crippen molar-refractivity contribution in [3.63, 3.8) is 0 Å². The average Bonchev–Trinajstić information content (AvgIpc) is 2.04. The molecule has 0 aromatic heterocycles. The van der Waals surface area contributed by atoms with Gasteiger partial charge in [0.15, 0.2) is 0 Å². The van der Waals surface area contributed by atoms with Crippen LogP contribution in [-0.2, 0) is 4.79 Å². The molecule has 1 unspecified atom stereocenters. The molecule has 65 valence electrons. The van der Waals surface area contributed by atoms with Crippen LogP contribution in [0.3, 0.4) is 0 Å². The lowest BCUT2D eigenvalue weighted by Crippen LogP contribution is -2.20. The lowest BCUT2D eigenvalue weighted by molar-refractivity contribution is 0.524. The maximum atomic E-state index is 9.97. The van der Waals surface area contributed by atoms with Gasteiger partial charge in [0.05, 0.1) is 6.04 Å². The van der Waals surface area contributed by atoms with Gasteiger partial charge in [-0.2, -0.15) is 0 Å². The Hall–Kier alpha value is -0.370. The molecule has 0 aliphatic heterocycles. The third kappa shape index (κ3) is 7.53. The molecule has 0 saturated carbocycles. The molecule has 0 rings (SSSR count). The van der Waals surface area contributed by atoms with Crippen molar-refractivity contribution in [3.8, 4) is 0 Å². The van der Waals surface area contributed by atoms with Crippen LogP contribution in [0.2, 0.25) is 0 Å². The van der Waals surface area contributed by atoms with E-state index in [4.69, 9.17) is 5.73 Å². The molecule has 2 nitrogen and oxygen atoms in total. The molecule has 11 heavy (non-hydrogen) atoms. The number of carbonyl (C=O) groups excluding carboxylic acids is 1. The zero-order chi connectivity index (χ0) is 8.53. The summed E-state index contributed by atoms with van der Waals surface area (Å²) >= 11 is 0. The second-order valence-corrected chi connectivity index (χ2v) is 2.93. The van der Waals surface area contributed by atoms with Gasteiger partial charge in [-0.3, -0.25) is 4.79 Å². The van der Waals surface area contributed by atoms with Crippen LogP contribution in [0.4, 0.5) is 0 Å². The van der Waals surface area contributed by atoms with Gasteiger partial charge in [-0.25, -0.2) is 0 Å². The van der Waals surface area contributed by atoms with Crippen LogP contribution in [0.1, 0.15) is 45.4 Å². The predicted octanol–water partition coefficient (Wildman–Crippen LogP) is 1.78. The molecule has 0 heterocycles. The van der Waals surface area contributed by atoms with Crippen LogP contribution in [-0.4, -0.2) is 12.3 Å². The van der Waals surface area contributed by atoms with Gasteiger partial charge in [0.25, 0.3) is 0 Å². The topological polar surface area (TPSA) is 43.1 Å². The molecule has 2 N–H and O–H groups in total. The highest BCUT2D eigenvalue weighted by Gasteiger charge is 1.99. The molecule has 0 aromatic rings. The van der Waals surface area contributed by atoms with Gasteiger partial charge < -0.3 is 5.73 Å². The van der Waals surface area contributed by atoms with Crippen LogP contribution in [0.15, 0.2) is 0 Å². The first kappa shape index (κ1) is 10.6. The van der Waals surface area contributed by atoms with Gasteiger partial charge in [-0.15, -0.1) is 0 Å². The standard InChI is InChI=1S/C9H18NO/c1-2-3-4-5-6-7-9(10)8-11/h9H,2-7,10H2,1H3. The molecule has 0 aliphatic rings. The molecule has 0 spiro atoms. The van der Waals surface area contributed by atoms with E-state index < -0.39 is 0 Å². The Kier molecular flexibility index (Phi) is 7.47. The molecule has 0 amide bonds. The highest BCUT2D eigenvalue weighted by atomic mass is 16.1. The van der Waals surface area contributed by atoms with Crippen LogP contribution in [0.5, 0.6) is 0 Å². The average molecular weight is 156 g/mol. The molecule has 0 saturated heterocycles. The van der Waals surface area contributed by atoms with Crippen LogP contribution in [0.25, 0.3) is 0 Å². The molecular weight excluding hydrogens is 138 g/mol. The van der Waals surface area contributed by atoms with Crippen molar-refractivity contribution in [1.82, 2.24) is 0 Å². The lowest BCUT2D eigenvalue weighted by atomic mass is 10.1. The number of hydrogen-bond acceptors (Lipinski definition) is 2. The molecule has 1 atom stereocenters. The summed E-state index contributed by atoms with van der Waals surface area (Å²) in [7, 11) is 0. The second kappa shape index (κ2) is 7.73. The Labute approximate surface area is 69.2 Å². The van der Waals surface area contributed by atoms with Gasteiger partial charge in [-0.1, -0.05) is 39.0 Å². The highest BCUT2D eigenvalue weighted by Crippen LogP contribution is 2.05. The summed E-state index contributed by atoms with van der Waals surface area (Å²) in [6, 6.07) is -0.350. The van der Waals surface area contributed by atoms with Crippen molar-refractivity contribution in [2.45, 2.75) is 51.5 Å². The zero-order valence-corrected chi connectivity index (χ0v) is 7.31. The summed E-state index contributed by atoms with van der Waals surface area (Å²) in [6.07, 6.45) is 8.66. The molecule has 0 bridgehead atoms. The predicted molar refractivity (Wildman–Crippen MR) is 47.0 cm³/mol. The molecule has 0 aromatic carbocycles. The van der Waals surface area contributed by atoms with E-state index >= 15 is 0 Å². The number of unbranched alkanes of at least 4 members (excludes halogenated alkanes) is 4. The van der Waals surface area contributed by atoms with Crippen molar-refractivity contribution >= 4 is 6.29 Å². The summed E-state index contributed by atoms with van der Waals surface area (Å²) in [5.74, 6) is 0. The summed E-state index contributed by atoms with van der Waals surface area (Å²) < 4.78 is 0. The Morgan fingerprint density at radius 2 is 1.91 bits per heavy atom. The first-order valence-corrected chi connectivity index (χ1v) is 4.44. The van der Waals surface area contributed by atoms with Crippen molar-refractivity contribution < 1.29 is 4.79 Å². The zero-order valence-electron chi connectivity index (χ0n) is 7.31. The van der Waals surface area contributed by atoms with E-state index in [0.717, 1.165) is 12.8 Å². The Balaban J connectivity index is 2.95. The minimum Gasteiger partial charge on any atom is -0.321 e. The van der Waals surface area contributed by atoms with E-state index in [2.05, 4.69) is 6.92 Å². The number of nitrogens with two attached hydrogens (primary N) is 1. The largest absolute Gasteiger partial charge is 0.321 e. The second-order valence-electron chi connectivity index (χ2n) is 2.93. The van der Waals surface area contributed by atoms with Crippen LogP contribution in [0, 0.1) is 0 Å². The highest BCUT2D eigenvalue weighted by molar-refractivity contribution is 5.57. The summed E-state index contributed by atoms with van der Waals surface area (Å²) in [6.45, 7) is 2.19. The summed E-state index contributed by atoms with van der Waals surface area (Å²) in [4.78, 5) is 9.97. The molecular formula is C9H18NO. The third-order valence-corrected chi connectivity index (χ3v) is 1.77. The van der Waals surface area contributed by atoms with Crippen LogP contribution >= 0.6 is 0 Å². The van der Waals surface area contributed by atoms with Gasteiger partial charge in [-0.05, 0) is 6.42 Å². The monoisotopic (exact) mass is 156 g/mol. The van der Waals surface area contributed by atoms with E-state index in [1.54, 1.807) is 6.29 Å². The third-order valence-electron chi connectivity index (χ3n) is 1.77. The van der Waals surface area contributed by atoms with Gasteiger partial charge >= 0.3 is 0 Å². The first-order chi connectivity index (χ1) is 5.31. The molecule has 0 aliphatic carbocycles. The summed E-state index contributed by atoms with van der Waals surface area (Å²) in [5, 5.41) is 0.